The Bertz CT molecular complexity index is 286. The van der Waals surface area contributed by atoms with Crippen molar-refractivity contribution < 1.29 is 8.42 Å². The molecule has 2 nitrogen and oxygen atoms in total. The molecule has 47 heteroatoms. The van der Waals surface area contributed by atoms with Crippen LogP contribution in [0.2, 0.25) is 0 Å². The second kappa shape index (κ2) is 329. The summed E-state index contributed by atoms with van der Waals surface area (Å²) in [5.41, 5.74) is 0. The van der Waals surface area contributed by atoms with Crippen molar-refractivity contribution in [3.63, 3.8) is 0 Å². The standard InChI is InChI=1S/C6H11O2PS.43B/c1-6-2-4-9(5-3-6)10(6,7)8;;;;;;;;;;;;;;;;;;;;;;;;;;;;;;;;;;;;;;;;;;;/h2-5H2,1H3;;;;;;;;;;;;;;;;;;;;;;;;;;;;;;;;;;;;;;;;;;;. The Morgan fingerprint density at radius 1 is 0.264 bits per heavy atom. The summed E-state index contributed by atoms with van der Waals surface area (Å²) in [5.74, 6) is 0. The molecule has 0 amide bonds. The lowest BCUT2D eigenvalue weighted by molar-refractivity contribution is 0.534. The van der Waals surface area contributed by atoms with E-state index in [1.807, 2.05) is 6.92 Å². The molecule has 129 radical (unpaired) electrons. The summed E-state index contributed by atoms with van der Waals surface area (Å²) in [4.78, 5) is 0. The van der Waals surface area contributed by atoms with Crippen molar-refractivity contribution >= 4 is 378 Å². The molecular formula is C6H11B43O2PS. The third kappa shape index (κ3) is 171. The van der Waals surface area contributed by atoms with E-state index < -0.39 is 16.6 Å². The Labute approximate surface area is 420 Å². The maximum Gasteiger partial charge on any atom is 0.172 e. The smallest absolute Gasteiger partial charge is 0.172 e. The minimum atomic E-state index is -2.63. The lowest BCUT2D eigenvalue weighted by Crippen LogP contribution is -2.25. The Hall–Kier alpha value is 3.17. The Balaban J connectivity index is -0.000000000703. The van der Waals surface area contributed by atoms with Crippen LogP contribution in [-0.4, -0.2) is 387 Å². The van der Waals surface area contributed by atoms with Gasteiger partial charge in [0, 0.05) is 369 Å². The van der Waals surface area contributed by atoms with E-state index in [0.29, 0.717) is 0 Å². The molecule has 0 spiro atoms. The van der Waals surface area contributed by atoms with Crippen LogP contribution < -0.4 is 0 Å². The van der Waals surface area contributed by atoms with Crippen LogP contribution in [-0.2, 0) is 9.46 Å². The van der Waals surface area contributed by atoms with Gasteiger partial charge in [-0.05, 0) is 32.1 Å². The molecule has 2 heterocycles. The first-order valence-electron chi connectivity index (χ1n) is 3.56. The summed E-state index contributed by atoms with van der Waals surface area (Å²) in [7, 11) is -3.22. The molecule has 2 aliphatic rings. The van der Waals surface area contributed by atoms with Gasteiger partial charge in [0.2, 0.25) is 0 Å². The molecule has 53 heavy (non-hydrogen) atoms. The Morgan fingerprint density at radius 3 is 0.377 bits per heavy atom. The van der Waals surface area contributed by atoms with Gasteiger partial charge in [-0.25, -0.2) is 8.42 Å². The van der Waals surface area contributed by atoms with Crippen molar-refractivity contribution in [1.29, 1.82) is 0 Å². The van der Waals surface area contributed by atoms with Gasteiger partial charge >= 0.3 is 0 Å². The van der Waals surface area contributed by atoms with Crippen molar-refractivity contribution in [3.8, 4) is 0 Å². The summed E-state index contributed by atoms with van der Waals surface area (Å²) in [5, 5.41) is 0. The summed E-state index contributed by atoms with van der Waals surface area (Å²) in [6.45, 7) is 1.91. The molecule has 0 aromatic rings. The topological polar surface area (TPSA) is 34.1 Å². The van der Waals surface area contributed by atoms with Crippen LogP contribution in [0.4, 0.5) is 0 Å². The molecule has 0 unspecified atom stereocenters. The van der Waals surface area contributed by atoms with E-state index in [1.54, 1.807) is 0 Å². The molecule has 2 rings (SSSR count). The average Bonchev–Trinajstić information content (AvgIpc) is 2.18. The summed E-state index contributed by atoms with van der Waals surface area (Å²) in [6, 6.07) is 0. The Kier molecular flexibility index (Phi) is 5290. The molecule has 2 fully saturated rings. The molecule has 0 aromatic heterocycles. The van der Waals surface area contributed by atoms with Gasteiger partial charge in [-0.1, -0.05) is 0 Å². The van der Waals surface area contributed by atoms with Crippen LogP contribution in [0.5, 0.6) is 0 Å². The van der Waals surface area contributed by atoms with E-state index in [1.165, 1.54) is 0 Å². The molecule has 2 bridgehead atoms. The van der Waals surface area contributed by atoms with Crippen molar-refractivity contribution in [1.82, 2.24) is 0 Å². The van der Waals surface area contributed by atoms with E-state index in [2.05, 4.69) is 0 Å². The minimum absolute atomic E-state index is 0. The zero-order valence-corrected chi connectivity index (χ0v) is 32.5. The van der Waals surface area contributed by atoms with E-state index >= 15 is 0 Å². The van der Waals surface area contributed by atoms with Crippen LogP contribution in [0.1, 0.15) is 19.8 Å². The highest BCUT2D eigenvalue weighted by molar-refractivity contribution is 8.51. The van der Waals surface area contributed by atoms with Gasteiger partial charge in [0.1, 0.15) is 0 Å². The first-order valence-corrected chi connectivity index (χ1v) is 7.36. The lowest BCUT2D eigenvalue weighted by atomic mass is 10.1. The maximum atomic E-state index is 11.5. The molecule has 2 aliphatic heterocycles. The van der Waals surface area contributed by atoms with Gasteiger partial charge in [-0.2, -0.15) is 0 Å². The fourth-order valence-corrected chi connectivity index (χ4v) is 10.0. The first kappa shape index (κ1) is 851. The number of hydrogen-bond acceptors (Lipinski definition) is 2. The third-order valence-electron chi connectivity index (χ3n) is 2.74. The van der Waals surface area contributed by atoms with E-state index in [-0.39, 0.29) is 367 Å². The maximum absolute atomic E-state index is 11.5. The van der Waals surface area contributed by atoms with Gasteiger partial charge in [0.15, 0.2) is 9.46 Å². The molecule has 0 saturated carbocycles. The molecule has 2 saturated heterocycles. The molecule has 0 atom stereocenters. The summed E-state index contributed by atoms with van der Waals surface area (Å²) < 4.78 is 22.7. The fourth-order valence-electron chi connectivity index (χ4n) is 1.77. The predicted molar refractivity (Wildman–Crippen MR) is 291 cm³/mol. The van der Waals surface area contributed by atoms with Gasteiger partial charge in [-0.15, -0.1) is 0 Å². The van der Waals surface area contributed by atoms with E-state index in [4.69, 9.17) is 0 Å². The highest BCUT2D eigenvalue weighted by atomic mass is 32.8. The van der Waals surface area contributed by atoms with Crippen molar-refractivity contribution in [2.45, 2.75) is 24.5 Å². The monoisotopic (exact) mass is 651 g/mol. The van der Waals surface area contributed by atoms with Crippen molar-refractivity contribution in [2.24, 2.45) is 0 Å². The van der Waals surface area contributed by atoms with Crippen LogP contribution >= 0.6 is 7.12 Å². The summed E-state index contributed by atoms with van der Waals surface area (Å²) >= 11 is 0. The third-order valence-corrected chi connectivity index (χ3v) is 11.0. The number of hydrogen-bond donors (Lipinski definition) is 0. The van der Waals surface area contributed by atoms with Crippen molar-refractivity contribution in [2.75, 3.05) is 12.3 Å². The van der Waals surface area contributed by atoms with Gasteiger partial charge in [0.25, 0.3) is 0 Å². The molecule has 0 N–H and O–H groups in total. The quantitative estimate of drug-likeness (QED) is 0.195. The highest BCUT2D eigenvalue weighted by Gasteiger charge is 2.55. The normalized spacial score (nSPS) is 9.42. The zero-order valence-electron chi connectivity index (χ0n) is 30.8. The van der Waals surface area contributed by atoms with Crippen LogP contribution in [0.15, 0.2) is 0 Å². The van der Waals surface area contributed by atoms with Crippen LogP contribution in [0.25, 0.3) is 0 Å². The molecule has 187 valence electrons. The van der Waals surface area contributed by atoms with E-state index in [9.17, 15) is 8.42 Å². The second-order valence-corrected chi connectivity index (χ2v) is 10.1. The van der Waals surface area contributed by atoms with Crippen LogP contribution in [0.3, 0.4) is 0 Å². The van der Waals surface area contributed by atoms with Gasteiger partial charge in [-0.3, -0.25) is 0 Å². The lowest BCUT2D eigenvalue weighted by Gasteiger charge is -2.16. The first-order chi connectivity index (χ1) is 4.56. The Morgan fingerprint density at radius 2 is 0.358 bits per heavy atom. The minimum Gasteiger partial charge on any atom is -0.224 e. The molecule has 0 aliphatic carbocycles. The largest absolute Gasteiger partial charge is 0.224 e. The van der Waals surface area contributed by atoms with Crippen LogP contribution in [0, 0.1) is 0 Å². The number of rotatable bonds is 0. The second-order valence-electron chi connectivity index (χ2n) is 3.35. The average molecular weight is 643 g/mol. The predicted octanol–water partition coefficient (Wildman–Crippen LogP) is -15.0. The van der Waals surface area contributed by atoms with Crippen molar-refractivity contribution in [3.05, 3.63) is 0 Å². The molecule has 0 aromatic carbocycles. The SMILES string of the molecule is CC12CCP(CC1)S2(=O)=O.[B].[B].[B].[B].[B].[B].[B].[B].[B].[B].[B].[B].[B].[B].[B].[B].[B].[B].[B].[B].[B].[B].[B].[B].[B].[B].[B].[B].[B].[B].[B].[B].[B].[B].[B].[B].[B].[B].[B].[B].[B].[B].[B]. The zero-order chi connectivity index (χ0) is 7.41. The molecular weight excluding hydrogens is 632 g/mol. The fraction of sp³-hybridized carbons (Fsp3) is 1.00. The van der Waals surface area contributed by atoms with Gasteiger partial charge in [0.05, 0.1) is 4.75 Å². The van der Waals surface area contributed by atoms with E-state index in [0.717, 1.165) is 25.2 Å². The highest BCUT2D eigenvalue weighted by Crippen LogP contribution is 2.65. The summed E-state index contributed by atoms with van der Waals surface area (Å²) in [6.07, 6.45) is 3.82. The van der Waals surface area contributed by atoms with Gasteiger partial charge < -0.3 is 0 Å². The number of fused-ring (bicyclic) bond motifs is 2.